The molecule has 9 atom stereocenters. The Labute approximate surface area is 320 Å². The van der Waals surface area contributed by atoms with Gasteiger partial charge in [-0.3, -0.25) is 19.7 Å². The smallest absolute Gasteiger partial charge is 0.409 e. The summed E-state index contributed by atoms with van der Waals surface area (Å²) in [5.41, 5.74) is -2.01. The molecule has 54 heavy (non-hydrogen) atoms. The van der Waals surface area contributed by atoms with Crippen molar-refractivity contribution in [2.75, 3.05) is 33.2 Å². The van der Waals surface area contributed by atoms with Crippen LogP contribution in [0.4, 0.5) is 10.5 Å². The maximum atomic E-state index is 14.2. The molecule has 1 aromatic rings. The summed E-state index contributed by atoms with van der Waals surface area (Å²) < 4.78 is 34.9. The Hall–Kier alpha value is -4.18. The molecule has 2 N–H and O–H groups in total. The number of likely N-dealkylation sites (N-methyl/N-ethyl adjacent to an activating group) is 1. The van der Waals surface area contributed by atoms with Crippen LogP contribution < -0.4 is 15.0 Å². The number of rotatable bonds is 7. The van der Waals surface area contributed by atoms with Crippen LogP contribution >= 0.6 is 11.6 Å². The second kappa shape index (κ2) is 16.7. The predicted molar refractivity (Wildman–Crippen MR) is 197 cm³/mol. The summed E-state index contributed by atoms with van der Waals surface area (Å²) >= 11 is 6.78. The van der Waals surface area contributed by atoms with E-state index < -0.39 is 84.2 Å². The van der Waals surface area contributed by atoms with Crippen molar-refractivity contribution in [3.05, 3.63) is 46.5 Å². The number of hydrogen-bond donors (Lipinski definition) is 2. The molecule has 3 amide bonds. The first kappa shape index (κ1) is 42.6. The summed E-state index contributed by atoms with van der Waals surface area (Å²) in [6.07, 6.45) is -1.43. The molecule has 2 fully saturated rings. The number of hydrogen-bond acceptors (Lipinski definition) is 12. The van der Waals surface area contributed by atoms with Crippen molar-refractivity contribution in [2.45, 2.75) is 109 Å². The summed E-state index contributed by atoms with van der Waals surface area (Å²) in [4.78, 5) is 68.5. The molecule has 0 aromatic heterocycles. The molecule has 2 saturated heterocycles. The normalized spacial score (nSPS) is 31.6. The zero-order chi connectivity index (χ0) is 40.4. The average Bonchev–Trinajstić information content (AvgIpc) is 3.81. The van der Waals surface area contributed by atoms with E-state index in [1.54, 1.807) is 65.0 Å². The molecule has 4 bridgehead atoms. The maximum Gasteiger partial charge on any atom is 0.409 e. The second-order valence-electron chi connectivity index (χ2n) is 14.6. The Balaban J connectivity index is 1.86. The molecule has 3 aliphatic heterocycles. The first-order chi connectivity index (χ1) is 25.2. The zero-order valence-electron chi connectivity index (χ0n) is 32.6. The highest BCUT2D eigenvalue weighted by atomic mass is 35.5. The largest absolute Gasteiger partial charge is 0.495 e. The van der Waals surface area contributed by atoms with Crippen molar-refractivity contribution in [3.8, 4) is 5.75 Å². The fourth-order valence-corrected chi connectivity index (χ4v) is 7.21. The molecule has 16 heteroatoms. The number of halogens is 1. The lowest BCUT2D eigenvalue weighted by Gasteiger charge is -2.42. The molecule has 0 aliphatic carbocycles. The second-order valence-corrected chi connectivity index (χ2v) is 15.0. The Morgan fingerprint density at radius 3 is 2.41 bits per heavy atom. The van der Waals surface area contributed by atoms with Gasteiger partial charge in [-0.05, 0) is 38.5 Å². The minimum atomic E-state index is -1.92. The summed E-state index contributed by atoms with van der Waals surface area (Å²) in [6.45, 7) is 11.4. The van der Waals surface area contributed by atoms with Gasteiger partial charge in [-0.25, -0.2) is 9.59 Å². The molecule has 3 heterocycles. The van der Waals surface area contributed by atoms with Gasteiger partial charge in [0.2, 0.25) is 11.8 Å². The van der Waals surface area contributed by atoms with E-state index >= 15 is 0 Å². The molecular weight excluding hydrogens is 726 g/mol. The van der Waals surface area contributed by atoms with E-state index in [-0.39, 0.29) is 34.7 Å². The van der Waals surface area contributed by atoms with Gasteiger partial charge in [0.25, 0.3) is 0 Å². The number of nitrogens with one attached hydrogen (secondary N) is 1. The van der Waals surface area contributed by atoms with Gasteiger partial charge in [-0.1, -0.05) is 50.6 Å². The van der Waals surface area contributed by atoms with Crippen LogP contribution in [0.5, 0.6) is 5.75 Å². The molecule has 0 radical (unpaired) electrons. The number of allylic oxidation sites excluding steroid dienone is 2. The predicted octanol–water partition coefficient (Wildman–Crippen LogP) is 4.23. The van der Waals surface area contributed by atoms with Crippen molar-refractivity contribution in [3.63, 3.8) is 0 Å². The van der Waals surface area contributed by atoms with Crippen LogP contribution in [-0.2, 0) is 42.9 Å². The summed E-state index contributed by atoms with van der Waals surface area (Å²) in [5, 5.41) is 14.4. The first-order valence-electron chi connectivity index (χ1n) is 17.7. The SMILES string of the molecule is COc1cc2cc(c1Cl)N(C)C(=O)CC(OC(=O)C(C)N(C)C(=O)C(C)C)C1(C)OC1C(C)C1CC(O)(NC(=O)O1)C(OC)C=C/C=C(\C)C2OC(C)=O. The average molecular weight is 778 g/mol. The van der Waals surface area contributed by atoms with E-state index in [2.05, 4.69) is 5.32 Å². The Bertz CT molecular complexity index is 1700. The molecular formula is C38H52ClN3O12. The van der Waals surface area contributed by atoms with Crippen LogP contribution in [0.1, 0.15) is 73.0 Å². The number of benzene rings is 1. The third-order valence-electron chi connectivity index (χ3n) is 10.4. The molecule has 9 unspecified atom stereocenters. The van der Waals surface area contributed by atoms with Crippen LogP contribution in [0.25, 0.3) is 0 Å². The highest BCUT2D eigenvalue weighted by Crippen LogP contribution is 2.49. The van der Waals surface area contributed by atoms with E-state index in [0.717, 1.165) is 0 Å². The number of ether oxygens (including phenoxy) is 6. The Morgan fingerprint density at radius 2 is 1.81 bits per heavy atom. The minimum absolute atomic E-state index is 0.0974. The number of aliphatic hydroxyl groups is 1. The van der Waals surface area contributed by atoms with Crippen molar-refractivity contribution < 1.29 is 57.5 Å². The monoisotopic (exact) mass is 777 g/mol. The van der Waals surface area contributed by atoms with Gasteiger partial charge in [0.05, 0.1) is 25.3 Å². The van der Waals surface area contributed by atoms with E-state index in [4.69, 9.17) is 40.0 Å². The number of epoxide rings is 1. The quantitative estimate of drug-likeness (QED) is 0.229. The highest BCUT2D eigenvalue weighted by molar-refractivity contribution is 6.35. The standard InChI is InChI=1S/C38H52ClN3O12/c1-19(2)34(45)41(8)22(5)35(46)53-29-17-30(44)42(9)25-15-24(16-26(49-10)31(25)39)32(51-23(6)43)20(3)13-12-14-28(50-11)38(48)18-27(52-36(47)40-38)21(4)33-37(29,7)54-33/h12-16,19,21-22,27-29,32-33,48H,17-18H2,1-11H3,(H,40,47)/b14-12?,20-13+. The number of carbonyl (C=O) groups excluding carboxylic acids is 5. The van der Waals surface area contributed by atoms with Gasteiger partial charge in [0.1, 0.15) is 46.8 Å². The number of methoxy groups -OCH3 is 2. The summed E-state index contributed by atoms with van der Waals surface area (Å²) in [7, 11) is 5.78. The summed E-state index contributed by atoms with van der Waals surface area (Å²) in [5.74, 6) is -2.92. The van der Waals surface area contributed by atoms with Crippen molar-refractivity contribution >= 4 is 47.1 Å². The lowest BCUT2D eigenvalue weighted by molar-refractivity contribution is -0.162. The number of fused-ring (bicyclic) bond motifs is 5. The number of alkyl carbamates (subject to hydrolysis) is 1. The molecule has 1 aromatic carbocycles. The fraction of sp³-hybridized carbons (Fsp3) is 0.605. The van der Waals surface area contributed by atoms with E-state index in [9.17, 15) is 29.1 Å². The Morgan fingerprint density at radius 1 is 1.15 bits per heavy atom. The van der Waals surface area contributed by atoms with Gasteiger partial charge >= 0.3 is 18.0 Å². The van der Waals surface area contributed by atoms with Gasteiger partial charge < -0.3 is 43.3 Å². The van der Waals surface area contributed by atoms with E-state index in [0.29, 0.717) is 11.1 Å². The van der Waals surface area contributed by atoms with Crippen LogP contribution in [-0.4, -0.2) is 110 Å². The molecule has 0 spiro atoms. The summed E-state index contributed by atoms with van der Waals surface area (Å²) in [6, 6.07) is 2.18. The van der Waals surface area contributed by atoms with Crippen LogP contribution in [0, 0.1) is 11.8 Å². The van der Waals surface area contributed by atoms with E-state index in [1.807, 2.05) is 0 Å². The topological polar surface area (TPSA) is 183 Å². The van der Waals surface area contributed by atoms with Crippen molar-refractivity contribution in [2.24, 2.45) is 11.8 Å². The molecule has 298 valence electrons. The van der Waals surface area contributed by atoms with Gasteiger partial charge in [0, 0.05) is 51.9 Å². The zero-order valence-corrected chi connectivity index (χ0v) is 33.4. The van der Waals surface area contributed by atoms with Crippen molar-refractivity contribution in [1.29, 1.82) is 0 Å². The number of carbonyl (C=O) groups is 5. The minimum Gasteiger partial charge on any atom is -0.495 e. The maximum absolute atomic E-state index is 14.2. The number of anilines is 1. The van der Waals surface area contributed by atoms with Crippen molar-refractivity contribution in [1.82, 2.24) is 10.2 Å². The lowest BCUT2D eigenvalue weighted by atomic mass is 9.83. The van der Waals surface area contributed by atoms with Gasteiger partial charge in [-0.2, -0.15) is 0 Å². The van der Waals surface area contributed by atoms with Crippen LogP contribution in [0.2, 0.25) is 5.02 Å². The molecule has 15 nitrogen and oxygen atoms in total. The number of esters is 2. The molecule has 4 rings (SSSR count). The van der Waals surface area contributed by atoms with Crippen LogP contribution in [0.15, 0.2) is 35.9 Å². The third kappa shape index (κ3) is 8.85. The van der Waals surface area contributed by atoms with Crippen LogP contribution in [0.3, 0.4) is 0 Å². The van der Waals surface area contributed by atoms with E-state index in [1.165, 1.54) is 52.0 Å². The first-order valence-corrected chi connectivity index (χ1v) is 18.1. The molecule has 3 aliphatic rings. The number of amides is 3. The Kier molecular flexibility index (Phi) is 13.1. The number of nitrogens with zero attached hydrogens (tertiary/aromatic N) is 2. The van der Waals surface area contributed by atoms with Gasteiger partial charge in [-0.15, -0.1) is 0 Å². The highest BCUT2D eigenvalue weighted by Gasteiger charge is 2.64. The lowest BCUT2D eigenvalue weighted by Crippen LogP contribution is -2.63. The third-order valence-corrected chi connectivity index (χ3v) is 10.8. The molecule has 0 saturated carbocycles. The fourth-order valence-electron chi connectivity index (χ4n) is 6.90. The van der Waals surface area contributed by atoms with Gasteiger partial charge in [0.15, 0.2) is 5.72 Å².